The normalized spacial score (nSPS) is 18.9. The van der Waals surface area contributed by atoms with Crippen molar-refractivity contribution in [3.05, 3.63) is 11.9 Å². The molecule has 4 heteroatoms. The van der Waals surface area contributed by atoms with E-state index >= 15 is 0 Å². The zero-order valence-electron chi connectivity index (χ0n) is 10.8. The molecule has 3 N–H and O–H groups in total. The van der Waals surface area contributed by atoms with Crippen molar-refractivity contribution in [2.75, 3.05) is 17.6 Å². The number of nitrogen functional groups attached to an aromatic ring is 1. The van der Waals surface area contributed by atoms with E-state index in [1.165, 1.54) is 32.1 Å². The zero-order valence-corrected chi connectivity index (χ0v) is 10.8. The summed E-state index contributed by atoms with van der Waals surface area (Å²) in [6, 6.07) is 1.80. The maximum Gasteiger partial charge on any atom is 0.131 e. The standard InChI is InChI=1S/C13H22N4/c1-10-16-11(14)8-12(17-10)15-9-13(2)6-4-3-5-7-13/h8H,3-7,9H2,1-2H3,(H3,14,15,16,17). The van der Waals surface area contributed by atoms with Gasteiger partial charge < -0.3 is 11.1 Å². The van der Waals surface area contributed by atoms with Crippen LogP contribution in [0.4, 0.5) is 11.6 Å². The quantitative estimate of drug-likeness (QED) is 0.844. The predicted molar refractivity (Wildman–Crippen MR) is 70.9 cm³/mol. The molecule has 0 saturated heterocycles. The first-order valence-electron chi connectivity index (χ1n) is 6.42. The number of nitrogens with zero attached hydrogens (tertiary/aromatic N) is 2. The zero-order chi connectivity index (χ0) is 12.3. The Kier molecular flexibility index (Phi) is 3.50. The summed E-state index contributed by atoms with van der Waals surface area (Å²) in [7, 11) is 0. The SMILES string of the molecule is Cc1nc(N)cc(NCC2(C)CCCCC2)n1. The number of nitrogens with one attached hydrogen (secondary N) is 1. The van der Waals surface area contributed by atoms with Crippen LogP contribution in [0, 0.1) is 12.3 Å². The van der Waals surface area contributed by atoms with Crippen LogP contribution in [0.3, 0.4) is 0 Å². The lowest BCUT2D eigenvalue weighted by Gasteiger charge is -2.33. The molecule has 1 aromatic rings. The number of aromatic nitrogens is 2. The van der Waals surface area contributed by atoms with Crippen LogP contribution in [-0.4, -0.2) is 16.5 Å². The fraction of sp³-hybridized carbons (Fsp3) is 0.692. The van der Waals surface area contributed by atoms with Crippen LogP contribution in [0.15, 0.2) is 6.07 Å². The van der Waals surface area contributed by atoms with Crippen molar-refractivity contribution < 1.29 is 0 Å². The first-order chi connectivity index (χ1) is 8.07. The van der Waals surface area contributed by atoms with Gasteiger partial charge in [-0.05, 0) is 25.2 Å². The highest BCUT2D eigenvalue weighted by Gasteiger charge is 2.26. The first kappa shape index (κ1) is 12.1. The third-order valence-corrected chi connectivity index (χ3v) is 3.61. The van der Waals surface area contributed by atoms with Crippen LogP contribution in [0.5, 0.6) is 0 Å². The molecule has 0 spiro atoms. The molecule has 1 fully saturated rings. The summed E-state index contributed by atoms with van der Waals surface area (Å²) < 4.78 is 0. The van der Waals surface area contributed by atoms with Gasteiger partial charge in [-0.3, -0.25) is 0 Å². The van der Waals surface area contributed by atoms with Crippen LogP contribution in [0.25, 0.3) is 0 Å². The molecular weight excluding hydrogens is 212 g/mol. The van der Waals surface area contributed by atoms with Gasteiger partial charge in [0.05, 0.1) is 0 Å². The van der Waals surface area contributed by atoms with Gasteiger partial charge in [-0.25, -0.2) is 9.97 Å². The Bertz CT molecular complexity index is 363. The molecule has 1 aromatic heterocycles. The highest BCUT2D eigenvalue weighted by molar-refractivity contribution is 5.44. The van der Waals surface area contributed by atoms with Crippen molar-refractivity contribution in [1.29, 1.82) is 0 Å². The van der Waals surface area contributed by atoms with Gasteiger partial charge in [-0.2, -0.15) is 0 Å². The van der Waals surface area contributed by atoms with Gasteiger partial charge in [0.25, 0.3) is 0 Å². The molecule has 0 aliphatic heterocycles. The molecule has 17 heavy (non-hydrogen) atoms. The fourth-order valence-corrected chi connectivity index (χ4v) is 2.57. The van der Waals surface area contributed by atoms with Crippen LogP contribution in [0.1, 0.15) is 44.9 Å². The summed E-state index contributed by atoms with van der Waals surface area (Å²) in [6.07, 6.45) is 6.69. The molecule has 0 atom stereocenters. The lowest BCUT2D eigenvalue weighted by atomic mass is 9.76. The van der Waals surface area contributed by atoms with Crippen LogP contribution >= 0.6 is 0 Å². The minimum atomic E-state index is 0.409. The lowest BCUT2D eigenvalue weighted by Crippen LogP contribution is -2.29. The third-order valence-electron chi connectivity index (χ3n) is 3.61. The van der Waals surface area contributed by atoms with E-state index in [1.807, 2.05) is 6.92 Å². The van der Waals surface area contributed by atoms with Gasteiger partial charge in [-0.1, -0.05) is 26.2 Å². The molecule has 4 nitrogen and oxygen atoms in total. The minimum absolute atomic E-state index is 0.409. The van der Waals surface area contributed by atoms with E-state index < -0.39 is 0 Å². The Morgan fingerprint density at radius 2 is 2.00 bits per heavy atom. The first-order valence-corrected chi connectivity index (χ1v) is 6.42. The molecule has 2 rings (SSSR count). The van der Waals surface area contributed by atoms with Gasteiger partial charge in [-0.15, -0.1) is 0 Å². The van der Waals surface area contributed by atoms with Crippen molar-refractivity contribution >= 4 is 11.6 Å². The maximum absolute atomic E-state index is 5.71. The molecule has 0 aromatic carbocycles. The van der Waals surface area contributed by atoms with Gasteiger partial charge in [0, 0.05) is 12.6 Å². The number of hydrogen-bond donors (Lipinski definition) is 2. The Morgan fingerprint density at radius 1 is 1.29 bits per heavy atom. The topological polar surface area (TPSA) is 63.8 Å². The van der Waals surface area contributed by atoms with Crippen LogP contribution < -0.4 is 11.1 Å². The fourth-order valence-electron chi connectivity index (χ4n) is 2.57. The minimum Gasteiger partial charge on any atom is -0.384 e. The Morgan fingerprint density at radius 3 is 2.65 bits per heavy atom. The second kappa shape index (κ2) is 4.90. The van der Waals surface area contributed by atoms with E-state index in [9.17, 15) is 0 Å². The van der Waals surface area contributed by atoms with Gasteiger partial charge in [0.15, 0.2) is 0 Å². The summed E-state index contributed by atoms with van der Waals surface area (Å²) in [4.78, 5) is 8.42. The average molecular weight is 234 g/mol. The molecular formula is C13H22N4. The smallest absolute Gasteiger partial charge is 0.131 e. The largest absolute Gasteiger partial charge is 0.384 e. The molecule has 0 amide bonds. The second-order valence-corrected chi connectivity index (χ2v) is 5.45. The monoisotopic (exact) mass is 234 g/mol. The van der Waals surface area contributed by atoms with Crippen LogP contribution in [-0.2, 0) is 0 Å². The summed E-state index contributed by atoms with van der Waals surface area (Å²) >= 11 is 0. The van der Waals surface area contributed by atoms with Gasteiger partial charge >= 0.3 is 0 Å². The molecule has 1 heterocycles. The number of anilines is 2. The van der Waals surface area contributed by atoms with Crippen molar-refractivity contribution in [1.82, 2.24) is 9.97 Å². The van der Waals surface area contributed by atoms with Crippen molar-refractivity contribution in [3.63, 3.8) is 0 Å². The van der Waals surface area contributed by atoms with Crippen molar-refractivity contribution in [2.45, 2.75) is 46.0 Å². The number of hydrogen-bond acceptors (Lipinski definition) is 4. The predicted octanol–water partition coefficient (Wildman–Crippen LogP) is 2.75. The Labute approximate surface area is 103 Å². The van der Waals surface area contributed by atoms with E-state index in [4.69, 9.17) is 5.73 Å². The van der Waals surface area contributed by atoms with Crippen molar-refractivity contribution in [2.24, 2.45) is 5.41 Å². The third kappa shape index (κ3) is 3.32. The van der Waals surface area contributed by atoms with E-state index in [-0.39, 0.29) is 0 Å². The molecule has 0 radical (unpaired) electrons. The second-order valence-electron chi connectivity index (χ2n) is 5.45. The van der Waals surface area contributed by atoms with Gasteiger partial charge in [0.1, 0.15) is 17.5 Å². The van der Waals surface area contributed by atoms with Gasteiger partial charge in [0.2, 0.25) is 0 Å². The summed E-state index contributed by atoms with van der Waals surface area (Å²) in [5, 5.41) is 3.41. The van der Waals surface area contributed by atoms with E-state index in [0.29, 0.717) is 11.2 Å². The number of aryl methyl sites for hydroxylation is 1. The molecule has 0 unspecified atom stereocenters. The Balaban J connectivity index is 1.96. The molecule has 0 bridgehead atoms. The molecule has 94 valence electrons. The summed E-state index contributed by atoms with van der Waals surface area (Å²) in [5.74, 6) is 2.11. The average Bonchev–Trinajstić information content (AvgIpc) is 2.26. The van der Waals surface area contributed by atoms with E-state index in [0.717, 1.165) is 18.2 Å². The number of nitrogens with two attached hydrogens (primary N) is 1. The Hall–Kier alpha value is -1.32. The maximum atomic E-state index is 5.71. The molecule has 1 aliphatic carbocycles. The highest BCUT2D eigenvalue weighted by atomic mass is 15.0. The van der Waals surface area contributed by atoms with E-state index in [1.54, 1.807) is 6.07 Å². The molecule has 1 saturated carbocycles. The molecule has 1 aliphatic rings. The lowest BCUT2D eigenvalue weighted by molar-refractivity contribution is 0.233. The summed E-state index contributed by atoms with van der Waals surface area (Å²) in [6.45, 7) is 5.20. The highest BCUT2D eigenvalue weighted by Crippen LogP contribution is 2.35. The van der Waals surface area contributed by atoms with E-state index in [2.05, 4.69) is 22.2 Å². The number of rotatable bonds is 3. The summed E-state index contributed by atoms with van der Waals surface area (Å²) in [5.41, 5.74) is 6.12. The van der Waals surface area contributed by atoms with Crippen LogP contribution in [0.2, 0.25) is 0 Å². The van der Waals surface area contributed by atoms with Crippen molar-refractivity contribution in [3.8, 4) is 0 Å².